The fraction of sp³-hybridized carbons (Fsp3) is 0.154. The molecular weight excluding hydrogens is 248 g/mol. The van der Waals surface area contributed by atoms with Gasteiger partial charge in [-0.05, 0) is 25.1 Å². The Labute approximate surface area is 106 Å². The van der Waals surface area contributed by atoms with Crippen molar-refractivity contribution in [3.8, 4) is 0 Å². The van der Waals surface area contributed by atoms with E-state index in [1.165, 1.54) is 0 Å². The monoisotopic (exact) mass is 262 g/mol. The molecule has 0 aliphatic carbocycles. The first-order valence-electron chi connectivity index (χ1n) is 5.52. The molecule has 0 aliphatic heterocycles. The number of hydrogen-bond acceptors (Lipinski definition) is 3. The molecule has 5 heteroatoms. The predicted molar refractivity (Wildman–Crippen MR) is 70.5 cm³/mol. The van der Waals surface area contributed by atoms with Crippen LogP contribution in [-0.2, 0) is 16.9 Å². The lowest BCUT2D eigenvalue weighted by molar-refractivity contribution is 0.605. The van der Waals surface area contributed by atoms with Crippen molar-refractivity contribution in [2.75, 3.05) is 0 Å². The zero-order valence-corrected chi connectivity index (χ0v) is 11.1. The minimum Gasteiger partial charge on any atom is -0.275 e. The van der Waals surface area contributed by atoms with Crippen molar-refractivity contribution in [3.63, 3.8) is 0 Å². The molecule has 0 saturated heterocycles. The first-order chi connectivity index (χ1) is 8.55. The van der Waals surface area contributed by atoms with Gasteiger partial charge in [0.1, 0.15) is 5.69 Å². The second-order valence-corrected chi connectivity index (χ2v) is 5.76. The van der Waals surface area contributed by atoms with Crippen LogP contribution in [0, 0.1) is 0 Å². The standard InChI is InChI=1S/C13H14N2O2S/c1-3-13(12-9-10-15(2)14-12)18(16,17)11-7-5-4-6-8-11/h3-10H,1-2H3/b13-3+. The zero-order chi connectivity index (χ0) is 13.2. The van der Waals surface area contributed by atoms with E-state index in [9.17, 15) is 8.42 Å². The number of aryl methyl sites for hydroxylation is 1. The van der Waals surface area contributed by atoms with E-state index in [-0.39, 0.29) is 9.80 Å². The van der Waals surface area contributed by atoms with Crippen molar-refractivity contribution in [2.24, 2.45) is 7.05 Å². The van der Waals surface area contributed by atoms with E-state index in [1.807, 2.05) is 0 Å². The van der Waals surface area contributed by atoms with Crippen LogP contribution in [0.3, 0.4) is 0 Å². The average molecular weight is 262 g/mol. The van der Waals surface area contributed by atoms with Crippen molar-refractivity contribution in [1.29, 1.82) is 0 Å². The van der Waals surface area contributed by atoms with Gasteiger partial charge in [-0.25, -0.2) is 8.42 Å². The molecular formula is C13H14N2O2S. The van der Waals surface area contributed by atoms with Crippen molar-refractivity contribution < 1.29 is 8.42 Å². The molecule has 0 bridgehead atoms. The largest absolute Gasteiger partial charge is 0.275 e. The van der Waals surface area contributed by atoms with Gasteiger partial charge in [0.15, 0.2) is 0 Å². The molecule has 94 valence electrons. The van der Waals surface area contributed by atoms with Crippen LogP contribution in [0.1, 0.15) is 12.6 Å². The lowest BCUT2D eigenvalue weighted by Crippen LogP contribution is -2.05. The van der Waals surface area contributed by atoms with Gasteiger partial charge in [-0.3, -0.25) is 4.68 Å². The smallest absolute Gasteiger partial charge is 0.208 e. The SMILES string of the molecule is C/C=C(\c1ccn(C)n1)S(=O)(=O)c1ccccc1. The molecule has 0 spiro atoms. The Morgan fingerprint density at radius 2 is 1.89 bits per heavy atom. The second-order valence-electron chi connectivity index (χ2n) is 3.84. The van der Waals surface area contributed by atoms with E-state index < -0.39 is 9.84 Å². The Kier molecular flexibility index (Phi) is 3.34. The molecule has 0 radical (unpaired) electrons. The predicted octanol–water partition coefficient (Wildman–Crippen LogP) is 2.25. The fourth-order valence-electron chi connectivity index (χ4n) is 1.71. The minimum absolute atomic E-state index is 0.231. The molecule has 0 saturated carbocycles. The molecule has 0 atom stereocenters. The van der Waals surface area contributed by atoms with Crippen LogP contribution in [0.4, 0.5) is 0 Å². The second kappa shape index (κ2) is 4.78. The average Bonchev–Trinajstić information content (AvgIpc) is 2.77. The Bertz CT molecular complexity index is 670. The third kappa shape index (κ3) is 2.22. The number of aromatic nitrogens is 2. The summed E-state index contributed by atoms with van der Waals surface area (Å²) in [6.45, 7) is 1.70. The van der Waals surface area contributed by atoms with Crippen LogP contribution in [0.5, 0.6) is 0 Å². The summed E-state index contributed by atoms with van der Waals surface area (Å²) in [4.78, 5) is 0.512. The molecule has 0 fully saturated rings. The number of rotatable bonds is 3. The number of nitrogens with zero attached hydrogens (tertiary/aromatic N) is 2. The number of allylic oxidation sites excluding steroid dienone is 1. The van der Waals surface area contributed by atoms with Gasteiger partial charge < -0.3 is 0 Å². The highest BCUT2D eigenvalue weighted by molar-refractivity contribution is 8.00. The molecule has 2 aromatic rings. The third-order valence-corrected chi connectivity index (χ3v) is 4.49. The molecule has 0 N–H and O–H groups in total. The topological polar surface area (TPSA) is 52.0 Å². The van der Waals surface area contributed by atoms with E-state index in [4.69, 9.17) is 0 Å². The summed E-state index contributed by atoms with van der Waals surface area (Å²) >= 11 is 0. The van der Waals surface area contributed by atoms with Crippen LogP contribution >= 0.6 is 0 Å². The van der Waals surface area contributed by atoms with Crippen LogP contribution in [0.25, 0.3) is 4.91 Å². The van der Waals surface area contributed by atoms with Crippen LogP contribution < -0.4 is 0 Å². The normalized spacial score (nSPS) is 12.7. The third-order valence-electron chi connectivity index (χ3n) is 2.57. The molecule has 2 rings (SSSR count). The maximum Gasteiger partial charge on any atom is 0.208 e. The lowest BCUT2D eigenvalue weighted by Gasteiger charge is -2.06. The molecule has 1 heterocycles. The lowest BCUT2D eigenvalue weighted by atomic mass is 10.4. The van der Waals surface area contributed by atoms with E-state index in [0.717, 1.165) is 0 Å². The van der Waals surface area contributed by atoms with Gasteiger partial charge in [0.25, 0.3) is 0 Å². The summed E-state index contributed by atoms with van der Waals surface area (Å²) in [7, 11) is -1.75. The summed E-state index contributed by atoms with van der Waals surface area (Å²) in [5.41, 5.74) is 0.462. The van der Waals surface area contributed by atoms with E-state index in [0.29, 0.717) is 5.69 Å². The summed E-state index contributed by atoms with van der Waals surface area (Å²) in [5, 5.41) is 4.14. The molecule has 18 heavy (non-hydrogen) atoms. The summed E-state index contributed by atoms with van der Waals surface area (Å²) in [5.74, 6) is 0. The van der Waals surface area contributed by atoms with E-state index in [1.54, 1.807) is 67.3 Å². The van der Waals surface area contributed by atoms with Gasteiger partial charge in [0.05, 0.1) is 9.80 Å². The maximum absolute atomic E-state index is 12.5. The van der Waals surface area contributed by atoms with Crippen molar-refractivity contribution in [3.05, 3.63) is 54.4 Å². The number of sulfone groups is 1. The van der Waals surface area contributed by atoms with Gasteiger partial charge >= 0.3 is 0 Å². The number of hydrogen-bond donors (Lipinski definition) is 0. The van der Waals surface area contributed by atoms with Gasteiger partial charge in [0.2, 0.25) is 9.84 Å². The van der Waals surface area contributed by atoms with Gasteiger partial charge in [-0.1, -0.05) is 24.3 Å². The Morgan fingerprint density at radius 3 is 2.39 bits per heavy atom. The molecule has 4 nitrogen and oxygen atoms in total. The fourth-order valence-corrected chi connectivity index (χ4v) is 3.18. The molecule has 0 aliphatic rings. The van der Waals surface area contributed by atoms with Crippen LogP contribution in [0.15, 0.2) is 53.6 Å². The summed E-state index contributed by atoms with van der Waals surface area (Å²) < 4.78 is 26.5. The van der Waals surface area contributed by atoms with Crippen LogP contribution in [0.2, 0.25) is 0 Å². The van der Waals surface area contributed by atoms with Crippen molar-refractivity contribution >= 4 is 14.7 Å². The highest BCUT2D eigenvalue weighted by Gasteiger charge is 2.22. The molecule has 0 amide bonds. The number of benzene rings is 1. The zero-order valence-electron chi connectivity index (χ0n) is 10.2. The minimum atomic E-state index is -3.51. The Morgan fingerprint density at radius 1 is 1.22 bits per heavy atom. The van der Waals surface area contributed by atoms with Gasteiger partial charge in [-0.2, -0.15) is 5.10 Å². The first kappa shape index (κ1) is 12.6. The summed E-state index contributed by atoms with van der Waals surface area (Å²) in [6, 6.07) is 10.1. The van der Waals surface area contributed by atoms with Gasteiger partial charge in [0, 0.05) is 13.2 Å². The Hall–Kier alpha value is -1.88. The highest BCUT2D eigenvalue weighted by Crippen LogP contribution is 2.26. The maximum atomic E-state index is 12.5. The van der Waals surface area contributed by atoms with Crippen molar-refractivity contribution in [1.82, 2.24) is 9.78 Å². The molecule has 1 aromatic carbocycles. The first-order valence-corrected chi connectivity index (χ1v) is 7.00. The Balaban J connectivity index is 2.53. The quantitative estimate of drug-likeness (QED) is 0.852. The van der Waals surface area contributed by atoms with Crippen molar-refractivity contribution in [2.45, 2.75) is 11.8 Å². The van der Waals surface area contributed by atoms with Crippen LogP contribution in [-0.4, -0.2) is 18.2 Å². The van der Waals surface area contributed by atoms with Gasteiger partial charge in [-0.15, -0.1) is 0 Å². The highest BCUT2D eigenvalue weighted by atomic mass is 32.2. The van der Waals surface area contributed by atoms with E-state index in [2.05, 4.69) is 5.10 Å². The molecule has 1 aromatic heterocycles. The molecule has 0 unspecified atom stereocenters. The summed E-state index contributed by atoms with van der Waals surface area (Å²) in [6.07, 6.45) is 3.30. The van der Waals surface area contributed by atoms with E-state index >= 15 is 0 Å².